The lowest BCUT2D eigenvalue weighted by molar-refractivity contribution is -0.114. The molecule has 3 rings (SSSR count). The van der Waals surface area contributed by atoms with Gasteiger partial charge in [-0.25, -0.2) is 0 Å². The van der Waals surface area contributed by atoms with Crippen LogP contribution in [0.15, 0.2) is 89.7 Å². The number of ketones is 1. The molecule has 0 amide bonds. The smallest absolute Gasteiger partial charge is 0.160 e. The standard InChI is InChI=1S/C22H20O2/c1-16(23)22-20(19-10-6-3-7-11-19)14-18(15-21(22)24)13-12-17-8-4-2-5-9-17/h2-13,15,20,24H,14H2,1H3/b13-12+/t20-/m1/s1. The summed E-state index contributed by atoms with van der Waals surface area (Å²) < 4.78 is 0. The van der Waals surface area contributed by atoms with E-state index in [4.69, 9.17) is 0 Å². The monoisotopic (exact) mass is 316 g/mol. The Labute approximate surface area is 142 Å². The van der Waals surface area contributed by atoms with Gasteiger partial charge in [-0.05, 0) is 36.1 Å². The van der Waals surface area contributed by atoms with E-state index in [1.807, 2.05) is 72.8 Å². The van der Waals surface area contributed by atoms with E-state index in [0.717, 1.165) is 16.7 Å². The minimum Gasteiger partial charge on any atom is -0.508 e. The molecule has 0 unspecified atom stereocenters. The molecule has 2 nitrogen and oxygen atoms in total. The fourth-order valence-electron chi connectivity index (χ4n) is 3.11. The number of carbonyl (C=O) groups is 1. The molecule has 0 aromatic heterocycles. The average molecular weight is 316 g/mol. The molecule has 1 aliphatic rings. The van der Waals surface area contributed by atoms with Crippen molar-refractivity contribution in [3.8, 4) is 0 Å². The van der Waals surface area contributed by atoms with Gasteiger partial charge in [0.1, 0.15) is 5.76 Å². The van der Waals surface area contributed by atoms with Crippen LogP contribution in [0.25, 0.3) is 6.08 Å². The first-order valence-corrected chi connectivity index (χ1v) is 8.08. The summed E-state index contributed by atoms with van der Waals surface area (Å²) in [6.45, 7) is 1.51. The quantitative estimate of drug-likeness (QED) is 0.840. The molecule has 120 valence electrons. The Balaban J connectivity index is 1.94. The zero-order valence-corrected chi connectivity index (χ0v) is 13.6. The SMILES string of the molecule is CC(=O)C1=C(O)C=C(/C=C/c2ccccc2)C[C@@H]1c1ccccc1. The first-order valence-electron chi connectivity index (χ1n) is 8.08. The second-order valence-corrected chi connectivity index (χ2v) is 5.99. The molecule has 0 radical (unpaired) electrons. The van der Waals surface area contributed by atoms with Crippen LogP contribution in [-0.2, 0) is 4.79 Å². The minimum absolute atomic E-state index is 0.0790. The van der Waals surface area contributed by atoms with Gasteiger partial charge in [0.15, 0.2) is 5.78 Å². The molecule has 1 atom stereocenters. The number of benzene rings is 2. The van der Waals surface area contributed by atoms with Crippen molar-refractivity contribution in [1.29, 1.82) is 0 Å². The summed E-state index contributed by atoms with van der Waals surface area (Å²) in [7, 11) is 0. The van der Waals surface area contributed by atoms with Crippen LogP contribution in [0.1, 0.15) is 30.4 Å². The molecule has 24 heavy (non-hydrogen) atoms. The highest BCUT2D eigenvalue weighted by atomic mass is 16.3. The van der Waals surface area contributed by atoms with E-state index in [1.54, 1.807) is 6.08 Å². The molecule has 2 aromatic rings. The van der Waals surface area contributed by atoms with Gasteiger partial charge in [0.05, 0.1) is 0 Å². The van der Waals surface area contributed by atoms with Crippen LogP contribution in [0.3, 0.4) is 0 Å². The Kier molecular flexibility index (Phi) is 4.76. The lowest BCUT2D eigenvalue weighted by Crippen LogP contribution is -2.16. The van der Waals surface area contributed by atoms with E-state index in [1.165, 1.54) is 6.92 Å². The van der Waals surface area contributed by atoms with Gasteiger partial charge < -0.3 is 5.11 Å². The van der Waals surface area contributed by atoms with Crippen molar-refractivity contribution < 1.29 is 9.90 Å². The molecule has 2 aromatic carbocycles. The van der Waals surface area contributed by atoms with E-state index in [-0.39, 0.29) is 17.5 Å². The van der Waals surface area contributed by atoms with E-state index in [9.17, 15) is 9.90 Å². The average Bonchev–Trinajstić information content (AvgIpc) is 2.60. The van der Waals surface area contributed by atoms with Gasteiger partial charge in [-0.2, -0.15) is 0 Å². The maximum Gasteiger partial charge on any atom is 0.160 e. The van der Waals surface area contributed by atoms with Gasteiger partial charge >= 0.3 is 0 Å². The first kappa shape index (κ1) is 16.0. The third-order valence-corrected chi connectivity index (χ3v) is 4.26. The lowest BCUT2D eigenvalue weighted by atomic mass is 9.79. The summed E-state index contributed by atoms with van der Waals surface area (Å²) in [4.78, 5) is 12.0. The zero-order chi connectivity index (χ0) is 16.9. The summed E-state index contributed by atoms with van der Waals surface area (Å²) in [5, 5.41) is 10.4. The van der Waals surface area contributed by atoms with Crippen molar-refractivity contribution in [2.75, 3.05) is 0 Å². The van der Waals surface area contributed by atoms with E-state index >= 15 is 0 Å². The van der Waals surface area contributed by atoms with Gasteiger partial charge in [0, 0.05) is 11.5 Å². The highest BCUT2D eigenvalue weighted by Gasteiger charge is 2.27. The first-order chi connectivity index (χ1) is 11.6. The topological polar surface area (TPSA) is 37.3 Å². The number of aliphatic hydroxyl groups is 1. The molecular weight excluding hydrogens is 296 g/mol. The van der Waals surface area contributed by atoms with Crippen molar-refractivity contribution in [3.63, 3.8) is 0 Å². The Hall–Kier alpha value is -2.87. The van der Waals surface area contributed by atoms with Gasteiger partial charge in [-0.3, -0.25) is 4.79 Å². The summed E-state index contributed by atoms with van der Waals surface area (Å²) in [6, 6.07) is 19.9. The van der Waals surface area contributed by atoms with Gasteiger partial charge in [-0.15, -0.1) is 0 Å². The van der Waals surface area contributed by atoms with E-state index < -0.39 is 0 Å². The molecule has 0 heterocycles. The maximum absolute atomic E-state index is 12.0. The Morgan fingerprint density at radius 1 is 1.00 bits per heavy atom. The molecule has 0 saturated heterocycles. The summed E-state index contributed by atoms with van der Waals surface area (Å²) >= 11 is 0. The molecular formula is C22H20O2. The Morgan fingerprint density at radius 2 is 1.62 bits per heavy atom. The highest BCUT2D eigenvalue weighted by molar-refractivity contribution is 5.96. The predicted octanol–water partition coefficient (Wildman–Crippen LogP) is 5.21. The molecule has 0 fully saturated rings. The Bertz CT molecular complexity index is 812. The van der Waals surface area contributed by atoms with Crippen molar-refractivity contribution in [2.24, 2.45) is 0 Å². The molecule has 0 spiro atoms. The number of aliphatic hydroxyl groups excluding tert-OH is 1. The second-order valence-electron chi connectivity index (χ2n) is 5.99. The molecule has 1 aliphatic carbocycles. The van der Waals surface area contributed by atoms with Crippen LogP contribution in [-0.4, -0.2) is 10.9 Å². The number of rotatable bonds is 4. The highest BCUT2D eigenvalue weighted by Crippen LogP contribution is 2.37. The molecule has 1 N–H and O–H groups in total. The van der Waals surface area contributed by atoms with Crippen LogP contribution in [0.4, 0.5) is 0 Å². The van der Waals surface area contributed by atoms with Crippen LogP contribution in [0.5, 0.6) is 0 Å². The van der Waals surface area contributed by atoms with Crippen LogP contribution in [0.2, 0.25) is 0 Å². The number of hydrogen-bond acceptors (Lipinski definition) is 2. The van der Waals surface area contributed by atoms with Crippen molar-refractivity contribution in [2.45, 2.75) is 19.3 Å². The number of carbonyl (C=O) groups excluding carboxylic acids is 1. The zero-order valence-electron chi connectivity index (χ0n) is 13.6. The van der Waals surface area contributed by atoms with Crippen LogP contribution in [0, 0.1) is 0 Å². The van der Waals surface area contributed by atoms with E-state index in [2.05, 4.69) is 0 Å². The normalized spacial score (nSPS) is 17.9. The molecule has 0 saturated carbocycles. The van der Waals surface area contributed by atoms with Crippen molar-refractivity contribution in [1.82, 2.24) is 0 Å². The molecule has 2 heteroatoms. The van der Waals surface area contributed by atoms with Crippen molar-refractivity contribution >= 4 is 11.9 Å². The fourth-order valence-corrected chi connectivity index (χ4v) is 3.11. The molecule has 0 aliphatic heterocycles. The fraction of sp³-hybridized carbons (Fsp3) is 0.136. The predicted molar refractivity (Wildman–Crippen MR) is 97.7 cm³/mol. The Morgan fingerprint density at radius 3 is 2.25 bits per heavy atom. The lowest BCUT2D eigenvalue weighted by Gasteiger charge is -2.24. The summed E-state index contributed by atoms with van der Waals surface area (Å²) in [6.07, 6.45) is 6.44. The van der Waals surface area contributed by atoms with Gasteiger partial charge in [0.25, 0.3) is 0 Å². The number of hydrogen-bond donors (Lipinski definition) is 1. The second kappa shape index (κ2) is 7.14. The molecule has 0 bridgehead atoms. The minimum atomic E-state index is -0.107. The number of allylic oxidation sites excluding steroid dienone is 4. The third kappa shape index (κ3) is 3.54. The van der Waals surface area contributed by atoms with Gasteiger partial charge in [-0.1, -0.05) is 72.8 Å². The summed E-state index contributed by atoms with van der Waals surface area (Å²) in [5.41, 5.74) is 3.66. The van der Waals surface area contributed by atoms with Gasteiger partial charge in [0.2, 0.25) is 0 Å². The largest absolute Gasteiger partial charge is 0.508 e. The van der Waals surface area contributed by atoms with E-state index in [0.29, 0.717) is 12.0 Å². The van der Waals surface area contributed by atoms with Crippen molar-refractivity contribution in [3.05, 3.63) is 101 Å². The maximum atomic E-state index is 12.0. The summed E-state index contributed by atoms with van der Waals surface area (Å²) in [5.74, 6) is -0.108. The third-order valence-electron chi connectivity index (χ3n) is 4.26. The number of Topliss-reactive ketones (excluding diaryl/α,β-unsaturated/α-hetero) is 1. The van der Waals surface area contributed by atoms with Crippen LogP contribution >= 0.6 is 0 Å². The van der Waals surface area contributed by atoms with Crippen LogP contribution < -0.4 is 0 Å².